The highest BCUT2D eigenvalue weighted by Crippen LogP contribution is 2.28. The van der Waals surface area contributed by atoms with E-state index in [4.69, 9.17) is 4.42 Å². The number of carbonyl (C=O) groups excluding carboxylic acids is 1. The van der Waals surface area contributed by atoms with Gasteiger partial charge in [0.1, 0.15) is 0 Å². The molecule has 0 radical (unpaired) electrons. The Morgan fingerprint density at radius 3 is 2.92 bits per heavy atom. The average Bonchev–Trinajstić information content (AvgIpc) is 3.31. The van der Waals surface area contributed by atoms with Crippen LogP contribution in [0.2, 0.25) is 0 Å². The Balaban J connectivity index is 1.75. The lowest BCUT2D eigenvalue weighted by Gasteiger charge is -2.11. The molecule has 0 aliphatic carbocycles. The first kappa shape index (κ1) is 18.4. The maximum absolute atomic E-state index is 12.5. The summed E-state index contributed by atoms with van der Waals surface area (Å²) >= 11 is 2.80. The molecule has 1 amide bonds. The number of hydrogen-bond acceptors (Lipinski definition) is 7. The number of thioether (sulfide) groups is 1. The van der Waals surface area contributed by atoms with Gasteiger partial charge < -0.3 is 9.73 Å². The zero-order valence-electron chi connectivity index (χ0n) is 14.7. The molecule has 3 rings (SSSR count). The molecule has 1 atom stereocenters. The van der Waals surface area contributed by atoms with Crippen molar-refractivity contribution in [1.82, 2.24) is 19.7 Å². The van der Waals surface area contributed by atoms with E-state index in [1.54, 1.807) is 18.4 Å². The quantitative estimate of drug-likeness (QED) is 0.487. The van der Waals surface area contributed by atoms with Crippen molar-refractivity contribution >= 4 is 34.1 Å². The van der Waals surface area contributed by atoms with Crippen molar-refractivity contribution in [3.63, 3.8) is 0 Å². The molecule has 26 heavy (non-hydrogen) atoms. The molecule has 0 aliphatic rings. The van der Waals surface area contributed by atoms with Gasteiger partial charge in [-0.1, -0.05) is 17.8 Å². The first-order valence-corrected chi connectivity index (χ1v) is 9.68. The Labute approximate surface area is 159 Å². The van der Waals surface area contributed by atoms with Crippen LogP contribution in [0, 0.1) is 13.8 Å². The van der Waals surface area contributed by atoms with Crippen molar-refractivity contribution in [2.45, 2.75) is 37.7 Å². The Bertz CT molecular complexity index is 894. The Hall–Kier alpha value is -2.39. The number of carbonyl (C=O) groups is 1. The molecule has 0 unspecified atom stereocenters. The van der Waals surface area contributed by atoms with Crippen LogP contribution in [0.15, 0.2) is 40.6 Å². The third-order valence-electron chi connectivity index (χ3n) is 3.68. The van der Waals surface area contributed by atoms with Gasteiger partial charge in [0, 0.05) is 11.4 Å². The number of aromatic nitrogens is 4. The van der Waals surface area contributed by atoms with Gasteiger partial charge in [-0.15, -0.1) is 28.1 Å². The van der Waals surface area contributed by atoms with Crippen molar-refractivity contribution < 1.29 is 9.21 Å². The lowest BCUT2D eigenvalue weighted by molar-refractivity contribution is -0.115. The van der Waals surface area contributed by atoms with Crippen molar-refractivity contribution in [1.29, 1.82) is 0 Å². The van der Waals surface area contributed by atoms with E-state index in [0.717, 1.165) is 10.6 Å². The van der Waals surface area contributed by atoms with E-state index >= 15 is 0 Å². The molecule has 136 valence electrons. The molecular formula is C17H19N5O2S2. The molecule has 3 heterocycles. The number of nitrogens with one attached hydrogen (secondary N) is 1. The summed E-state index contributed by atoms with van der Waals surface area (Å²) in [4.78, 5) is 17.9. The summed E-state index contributed by atoms with van der Waals surface area (Å²) in [5, 5.41) is 12.1. The molecule has 0 spiro atoms. The minimum Gasteiger partial charge on any atom is -0.461 e. The number of thiazole rings is 1. The van der Waals surface area contributed by atoms with Crippen molar-refractivity contribution in [2.24, 2.45) is 0 Å². The van der Waals surface area contributed by atoms with Gasteiger partial charge in [0.2, 0.25) is 11.7 Å². The van der Waals surface area contributed by atoms with Gasteiger partial charge in [0.15, 0.2) is 16.0 Å². The predicted octanol–water partition coefficient (Wildman–Crippen LogP) is 3.92. The maximum Gasteiger partial charge on any atom is 0.239 e. The van der Waals surface area contributed by atoms with E-state index in [9.17, 15) is 4.79 Å². The lowest BCUT2D eigenvalue weighted by atomic mass is 10.4. The van der Waals surface area contributed by atoms with Crippen molar-refractivity contribution in [2.75, 3.05) is 5.32 Å². The fraction of sp³-hybridized carbons (Fsp3) is 0.294. The summed E-state index contributed by atoms with van der Waals surface area (Å²) in [6, 6.07) is 3.62. The first-order valence-electron chi connectivity index (χ1n) is 7.99. The van der Waals surface area contributed by atoms with Gasteiger partial charge in [-0.2, -0.15) is 0 Å². The predicted molar refractivity (Wildman–Crippen MR) is 103 cm³/mol. The number of nitrogens with zero attached hydrogens (tertiary/aromatic N) is 4. The molecule has 0 fully saturated rings. The zero-order chi connectivity index (χ0) is 18.7. The second-order valence-corrected chi connectivity index (χ2v) is 8.10. The van der Waals surface area contributed by atoms with Crippen LogP contribution in [0.5, 0.6) is 0 Å². The Kier molecular flexibility index (Phi) is 5.58. The van der Waals surface area contributed by atoms with Crippen molar-refractivity contribution in [3.8, 4) is 11.6 Å². The summed E-state index contributed by atoms with van der Waals surface area (Å²) in [7, 11) is 0. The average molecular weight is 390 g/mol. The number of rotatable bonds is 7. The summed E-state index contributed by atoms with van der Waals surface area (Å²) in [6.45, 7) is 10.0. The van der Waals surface area contributed by atoms with Gasteiger partial charge in [-0.05, 0) is 32.9 Å². The van der Waals surface area contributed by atoms with Crippen molar-refractivity contribution in [3.05, 3.63) is 41.6 Å². The maximum atomic E-state index is 12.5. The van der Waals surface area contributed by atoms with Crippen LogP contribution < -0.4 is 5.32 Å². The van der Waals surface area contributed by atoms with Gasteiger partial charge in [0.25, 0.3) is 0 Å². The van der Waals surface area contributed by atoms with Crippen LogP contribution in [0.4, 0.5) is 5.13 Å². The van der Waals surface area contributed by atoms with Crippen LogP contribution in [-0.4, -0.2) is 30.9 Å². The second-order valence-electron chi connectivity index (χ2n) is 5.59. The number of amides is 1. The van der Waals surface area contributed by atoms with Crippen LogP contribution in [0.25, 0.3) is 11.6 Å². The Morgan fingerprint density at radius 1 is 1.50 bits per heavy atom. The first-order chi connectivity index (χ1) is 12.5. The molecule has 3 aromatic heterocycles. The summed E-state index contributed by atoms with van der Waals surface area (Å²) in [5.74, 6) is 1.10. The molecule has 0 aromatic carbocycles. The van der Waals surface area contributed by atoms with E-state index in [1.165, 1.54) is 23.1 Å². The Morgan fingerprint density at radius 2 is 2.31 bits per heavy atom. The fourth-order valence-electron chi connectivity index (χ4n) is 2.20. The number of anilines is 1. The van der Waals surface area contributed by atoms with E-state index in [2.05, 4.69) is 27.1 Å². The number of furan rings is 1. The molecule has 1 N–H and O–H groups in total. The van der Waals surface area contributed by atoms with E-state index in [0.29, 0.717) is 28.4 Å². The topological polar surface area (TPSA) is 85.8 Å². The highest BCUT2D eigenvalue weighted by atomic mass is 32.2. The van der Waals surface area contributed by atoms with Gasteiger partial charge in [0.05, 0.1) is 17.2 Å². The smallest absolute Gasteiger partial charge is 0.239 e. The van der Waals surface area contributed by atoms with Crippen LogP contribution >= 0.6 is 23.1 Å². The van der Waals surface area contributed by atoms with Crippen LogP contribution in [-0.2, 0) is 11.3 Å². The fourth-order valence-corrected chi connectivity index (χ4v) is 3.88. The molecule has 0 aliphatic heterocycles. The normalized spacial score (nSPS) is 12.1. The molecule has 3 aromatic rings. The van der Waals surface area contributed by atoms with Gasteiger partial charge in [-0.25, -0.2) is 4.98 Å². The van der Waals surface area contributed by atoms with Crippen LogP contribution in [0.1, 0.15) is 17.5 Å². The minimum absolute atomic E-state index is 0.128. The van der Waals surface area contributed by atoms with E-state index in [-0.39, 0.29) is 11.2 Å². The van der Waals surface area contributed by atoms with Crippen LogP contribution in [0.3, 0.4) is 0 Å². The van der Waals surface area contributed by atoms with Gasteiger partial charge >= 0.3 is 0 Å². The molecule has 7 nitrogen and oxygen atoms in total. The number of allylic oxidation sites excluding steroid dienone is 1. The zero-order valence-corrected chi connectivity index (χ0v) is 16.4. The standard InChI is InChI=1S/C17H19N5O2S2/c1-5-8-22-14(13-7-6-9-24-13)20-21-17(22)26-12(4)15(23)19-16-18-10(2)11(3)25-16/h5-7,9,12H,1,8H2,2-4H3,(H,18,19,23)/t12-/m1/s1. The molecular weight excluding hydrogens is 370 g/mol. The molecule has 0 saturated heterocycles. The monoisotopic (exact) mass is 389 g/mol. The summed E-state index contributed by atoms with van der Waals surface area (Å²) < 4.78 is 7.28. The third kappa shape index (κ3) is 3.88. The summed E-state index contributed by atoms with van der Waals surface area (Å²) in [6.07, 6.45) is 3.34. The highest BCUT2D eigenvalue weighted by molar-refractivity contribution is 8.00. The minimum atomic E-state index is -0.364. The number of aryl methyl sites for hydroxylation is 2. The van der Waals surface area contributed by atoms with E-state index < -0.39 is 0 Å². The molecule has 0 bridgehead atoms. The number of hydrogen-bond donors (Lipinski definition) is 1. The highest BCUT2D eigenvalue weighted by Gasteiger charge is 2.22. The van der Waals surface area contributed by atoms with Gasteiger partial charge in [-0.3, -0.25) is 9.36 Å². The van der Waals surface area contributed by atoms with E-state index in [1.807, 2.05) is 31.4 Å². The molecule has 9 heteroatoms. The lowest BCUT2D eigenvalue weighted by Crippen LogP contribution is -2.22. The second kappa shape index (κ2) is 7.88. The molecule has 0 saturated carbocycles. The SMILES string of the molecule is C=CCn1c(S[C@H](C)C(=O)Nc2nc(C)c(C)s2)nnc1-c1ccco1. The summed E-state index contributed by atoms with van der Waals surface area (Å²) in [5.41, 5.74) is 0.930. The largest absolute Gasteiger partial charge is 0.461 e. The third-order valence-corrected chi connectivity index (χ3v) is 5.75.